The van der Waals surface area contributed by atoms with Gasteiger partial charge < -0.3 is 10.1 Å². The highest BCUT2D eigenvalue weighted by Crippen LogP contribution is 2.31. The first-order valence-electron chi connectivity index (χ1n) is 7.51. The van der Waals surface area contributed by atoms with E-state index < -0.39 is 0 Å². The van der Waals surface area contributed by atoms with E-state index in [0.29, 0.717) is 6.61 Å². The van der Waals surface area contributed by atoms with Crippen LogP contribution < -0.4 is 5.32 Å². The average Bonchev–Trinajstić information content (AvgIpc) is 2.96. The van der Waals surface area contributed by atoms with Crippen molar-refractivity contribution in [1.82, 2.24) is 4.98 Å². The fourth-order valence-electron chi connectivity index (χ4n) is 2.24. The molecule has 0 bridgehead atoms. The van der Waals surface area contributed by atoms with Crippen molar-refractivity contribution in [2.45, 2.75) is 13.8 Å². The molecule has 1 aromatic heterocycles. The minimum Gasteiger partial charge on any atom is -0.372 e. The first-order valence-corrected chi connectivity index (χ1v) is 8.32. The summed E-state index contributed by atoms with van der Waals surface area (Å²) >= 11 is 1.68. The van der Waals surface area contributed by atoms with Crippen molar-refractivity contribution >= 4 is 33.1 Å². The second kappa shape index (κ2) is 6.89. The number of thiazole rings is 1. The SMILES string of the molecule is CCOCC(=O)Nc1ccc(-c2nc3ccc(C)cc3s2)cc1. The zero-order valence-electron chi connectivity index (χ0n) is 13.1. The highest BCUT2D eigenvalue weighted by atomic mass is 32.1. The van der Waals surface area contributed by atoms with Crippen molar-refractivity contribution in [3.63, 3.8) is 0 Å². The molecule has 1 heterocycles. The molecule has 118 valence electrons. The van der Waals surface area contributed by atoms with Crippen molar-refractivity contribution < 1.29 is 9.53 Å². The Bertz CT molecular complexity index is 825. The maximum atomic E-state index is 11.6. The summed E-state index contributed by atoms with van der Waals surface area (Å²) in [7, 11) is 0. The number of nitrogens with one attached hydrogen (secondary N) is 1. The Labute approximate surface area is 139 Å². The lowest BCUT2D eigenvalue weighted by atomic mass is 10.2. The molecule has 0 saturated heterocycles. The second-order valence-electron chi connectivity index (χ2n) is 5.25. The van der Waals surface area contributed by atoms with Crippen LogP contribution in [0.15, 0.2) is 42.5 Å². The number of benzene rings is 2. The Morgan fingerprint density at radius 1 is 1.22 bits per heavy atom. The average molecular weight is 326 g/mol. The molecule has 0 unspecified atom stereocenters. The van der Waals surface area contributed by atoms with E-state index >= 15 is 0 Å². The van der Waals surface area contributed by atoms with Crippen LogP contribution in [0.2, 0.25) is 0 Å². The molecule has 4 nitrogen and oxygen atoms in total. The summed E-state index contributed by atoms with van der Waals surface area (Å²) in [6.45, 7) is 4.55. The molecule has 5 heteroatoms. The number of rotatable bonds is 5. The number of aromatic nitrogens is 1. The lowest BCUT2D eigenvalue weighted by Crippen LogP contribution is -2.18. The number of aryl methyl sites for hydroxylation is 1. The van der Waals surface area contributed by atoms with Crippen molar-refractivity contribution in [3.05, 3.63) is 48.0 Å². The van der Waals surface area contributed by atoms with Gasteiger partial charge in [-0.2, -0.15) is 0 Å². The minimum absolute atomic E-state index is 0.0788. The van der Waals surface area contributed by atoms with Crippen LogP contribution in [-0.4, -0.2) is 24.1 Å². The molecule has 3 aromatic rings. The van der Waals surface area contributed by atoms with E-state index in [2.05, 4.69) is 29.4 Å². The highest BCUT2D eigenvalue weighted by Gasteiger charge is 2.07. The molecular weight excluding hydrogens is 308 g/mol. The highest BCUT2D eigenvalue weighted by molar-refractivity contribution is 7.21. The molecule has 0 saturated carbocycles. The van der Waals surface area contributed by atoms with E-state index in [4.69, 9.17) is 4.74 Å². The van der Waals surface area contributed by atoms with Crippen molar-refractivity contribution in [1.29, 1.82) is 0 Å². The van der Waals surface area contributed by atoms with Crippen LogP contribution in [0, 0.1) is 6.92 Å². The van der Waals surface area contributed by atoms with Crippen LogP contribution in [0.5, 0.6) is 0 Å². The van der Waals surface area contributed by atoms with Crippen molar-refractivity contribution in [2.75, 3.05) is 18.5 Å². The summed E-state index contributed by atoms with van der Waals surface area (Å²) < 4.78 is 6.27. The molecule has 1 N–H and O–H groups in total. The zero-order valence-corrected chi connectivity index (χ0v) is 13.9. The van der Waals surface area contributed by atoms with Gasteiger partial charge in [0.2, 0.25) is 5.91 Å². The van der Waals surface area contributed by atoms with Gasteiger partial charge >= 0.3 is 0 Å². The third-order valence-electron chi connectivity index (χ3n) is 3.40. The number of ether oxygens (including phenoxy) is 1. The lowest BCUT2D eigenvalue weighted by Gasteiger charge is -2.05. The van der Waals surface area contributed by atoms with Crippen LogP contribution in [0.1, 0.15) is 12.5 Å². The van der Waals surface area contributed by atoms with E-state index in [9.17, 15) is 4.79 Å². The van der Waals surface area contributed by atoms with Crippen molar-refractivity contribution in [2.24, 2.45) is 0 Å². The number of hydrogen-bond acceptors (Lipinski definition) is 4. The topological polar surface area (TPSA) is 51.2 Å². The van der Waals surface area contributed by atoms with Gasteiger partial charge in [0.1, 0.15) is 11.6 Å². The standard InChI is InChI=1S/C18H18N2O2S/c1-3-22-11-17(21)19-14-7-5-13(6-8-14)18-20-15-9-4-12(2)10-16(15)23-18/h4-10H,3,11H2,1-2H3,(H,19,21). The van der Waals surface area contributed by atoms with Crippen LogP contribution in [0.4, 0.5) is 5.69 Å². The van der Waals surface area contributed by atoms with E-state index in [1.165, 1.54) is 10.3 Å². The fourth-order valence-corrected chi connectivity index (χ4v) is 3.31. The predicted molar refractivity (Wildman–Crippen MR) is 94.9 cm³/mol. The minimum atomic E-state index is -0.143. The molecule has 0 aliphatic rings. The van der Waals surface area contributed by atoms with E-state index in [1.54, 1.807) is 11.3 Å². The molecule has 0 radical (unpaired) electrons. The van der Waals surface area contributed by atoms with Gasteiger partial charge in [-0.1, -0.05) is 6.07 Å². The molecule has 0 aliphatic carbocycles. The summed E-state index contributed by atoms with van der Waals surface area (Å²) in [5, 5.41) is 3.79. The third kappa shape index (κ3) is 3.75. The molecule has 0 fully saturated rings. The van der Waals surface area contributed by atoms with Gasteiger partial charge in [-0.3, -0.25) is 4.79 Å². The van der Waals surface area contributed by atoms with Gasteiger partial charge in [0.05, 0.1) is 10.2 Å². The Kier molecular flexibility index (Phi) is 4.69. The van der Waals surface area contributed by atoms with Gasteiger partial charge in [0.25, 0.3) is 0 Å². The van der Waals surface area contributed by atoms with Gasteiger partial charge in [-0.15, -0.1) is 11.3 Å². The number of carbonyl (C=O) groups excluding carboxylic acids is 1. The summed E-state index contributed by atoms with van der Waals surface area (Å²) in [4.78, 5) is 16.3. The summed E-state index contributed by atoms with van der Waals surface area (Å²) in [5.74, 6) is -0.143. The first kappa shape index (κ1) is 15.6. The van der Waals surface area contributed by atoms with E-state index in [1.807, 2.05) is 37.3 Å². The molecule has 0 spiro atoms. The number of hydrogen-bond donors (Lipinski definition) is 1. The third-order valence-corrected chi connectivity index (χ3v) is 4.46. The Balaban J connectivity index is 1.76. The molecule has 3 rings (SSSR count). The smallest absolute Gasteiger partial charge is 0.250 e. The van der Waals surface area contributed by atoms with Gasteiger partial charge in [-0.25, -0.2) is 4.98 Å². The summed E-state index contributed by atoms with van der Waals surface area (Å²) in [5.41, 5.74) is 4.06. The molecule has 23 heavy (non-hydrogen) atoms. The van der Waals surface area contributed by atoms with Crippen molar-refractivity contribution in [3.8, 4) is 10.6 Å². The normalized spacial score (nSPS) is 10.9. The molecule has 0 atom stereocenters. The summed E-state index contributed by atoms with van der Waals surface area (Å²) in [6, 6.07) is 14.0. The molecule has 2 aromatic carbocycles. The zero-order chi connectivity index (χ0) is 16.2. The van der Waals surface area contributed by atoms with Crippen LogP contribution in [0.25, 0.3) is 20.8 Å². The number of nitrogens with zero attached hydrogens (tertiary/aromatic N) is 1. The maximum Gasteiger partial charge on any atom is 0.250 e. The quantitative estimate of drug-likeness (QED) is 0.762. The Hall–Kier alpha value is -2.24. The maximum absolute atomic E-state index is 11.6. The van der Waals surface area contributed by atoms with Gasteiger partial charge in [-0.05, 0) is 55.8 Å². The van der Waals surface area contributed by atoms with Crippen LogP contribution >= 0.6 is 11.3 Å². The summed E-state index contributed by atoms with van der Waals surface area (Å²) in [6.07, 6.45) is 0. The van der Waals surface area contributed by atoms with Crippen LogP contribution in [-0.2, 0) is 9.53 Å². The second-order valence-corrected chi connectivity index (χ2v) is 6.28. The lowest BCUT2D eigenvalue weighted by molar-refractivity contribution is -0.120. The number of fused-ring (bicyclic) bond motifs is 1. The van der Waals surface area contributed by atoms with Crippen LogP contribution in [0.3, 0.4) is 0 Å². The Morgan fingerprint density at radius 2 is 2.00 bits per heavy atom. The molecule has 0 aliphatic heterocycles. The van der Waals surface area contributed by atoms with Gasteiger partial charge in [0, 0.05) is 17.9 Å². The largest absolute Gasteiger partial charge is 0.372 e. The van der Waals surface area contributed by atoms with E-state index in [0.717, 1.165) is 21.8 Å². The molecule has 1 amide bonds. The number of amides is 1. The van der Waals surface area contributed by atoms with Gasteiger partial charge in [0.15, 0.2) is 0 Å². The predicted octanol–water partition coefficient (Wildman–Crippen LogP) is 4.25. The first-order chi connectivity index (χ1) is 11.2. The van der Waals surface area contributed by atoms with E-state index in [-0.39, 0.29) is 12.5 Å². The number of carbonyl (C=O) groups is 1. The monoisotopic (exact) mass is 326 g/mol. The molecular formula is C18H18N2O2S. The fraction of sp³-hybridized carbons (Fsp3) is 0.222. The number of anilines is 1. The Morgan fingerprint density at radius 3 is 2.74 bits per heavy atom.